The Kier molecular flexibility index (Phi) is 3.37. The molecule has 0 aromatic heterocycles. The van der Waals surface area contributed by atoms with Crippen LogP contribution >= 0.6 is 0 Å². The monoisotopic (exact) mass is 166 g/mol. The molecule has 0 aliphatic heterocycles. The maximum atomic E-state index is 4.01. The molecule has 1 aliphatic rings. The largest absolute Gasteiger partial charge is 0.100 e. The van der Waals surface area contributed by atoms with Crippen molar-refractivity contribution in [1.82, 2.24) is 0 Å². The lowest BCUT2D eigenvalue weighted by Gasteiger charge is -2.32. The van der Waals surface area contributed by atoms with Gasteiger partial charge in [0.2, 0.25) is 0 Å². The first-order chi connectivity index (χ1) is 5.59. The third-order valence-electron chi connectivity index (χ3n) is 3.24. The quantitative estimate of drug-likeness (QED) is 0.543. The summed E-state index contributed by atoms with van der Waals surface area (Å²) in [5.41, 5.74) is 1.36. The average molecular weight is 166 g/mol. The highest BCUT2D eigenvalue weighted by Gasteiger charge is 2.24. The summed E-state index contributed by atoms with van der Waals surface area (Å²) in [7, 11) is 0. The fraction of sp³-hybridized carbons (Fsp3) is 0.833. The van der Waals surface area contributed by atoms with E-state index in [1.165, 1.54) is 31.3 Å². The van der Waals surface area contributed by atoms with Crippen molar-refractivity contribution in [3.63, 3.8) is 0 Å². The third kappa shape index (κ3) is 2.66. The van der Waals surface area contributed by atoms with Crippen molar-refractivity contribution in [2.24, 2.45) is 17.8 Å². The molecule has 0 aromatic carbocycles. The highest BCUT2D eigenvalue weighted by atomic mass is 14.3. The zero-order valence-corrected chi connectivity index (χ0v) is 8.77. The van der Waals surface area contributed by atoms with Gasteiger partial charge in [0, 0.05) is 0 Å². The van der Waals surface area contributed by atoms with Crippen molar-refractivity contribution in [1.29, 1.82) is 0 Å². The summed E-state index contributed by atoms with van der Waals surface area (Å²) < 4.78 is 0. The molecule has 1 rings (SSSR count). The molecule has 0 heterocycles. The molecule has 0 radical (unpaired) electrons. The van der Waals surface area contributed by atoms with E-state index in [-0.39, 0.29) is 0 Å². The standard InChI is InChI=1S/C12H22/c1-9(2)7-12-8-10(3)5-6-11(12)4/h10-12H,1,5-8H2,2-4H3. The lowest BCUT2D eigenvalue weighted by Crippen LogP contribution is -2.21. The van der Waals surface area contributed by atoms with Crippen LogP contribution in [0.3, 0.4) is 0 Å². The predicted molar refractivity (Wildman–Crippen MR) is 55.1 cm³/mol. The molecular weight excluding hydrogens is 144 g/mol. The molecule has 1 aliphatic carbocycles. The van der Waals surface area contributed by atoms with E-state index < -0.39 is 0 Å². The zero-order valence-electron chi connectivity index (χ0n) is 8.77. The summed E-state index contributed by atoms with van der Waals surface area (Å²) in [5.74, 6) is 2.80. The summed E-state index contributed by atoms with van der Waals surface area (Å²) in [6.45, 7) is 11.0. The van der Waals surface area contributed by atoms with Gasteiger partial charge in [0.15, 0.2) is 0 Å². The van der Waals surface area contributed by atoms with Gasteiger partial charge in [-0.15, -0.1) is 6.58 Å². The van der Waals surface area contributed by atoms with E-state index >= 15 is 0 Å². The first kappa shape index (κ1) is 9.83. The Labute approximate surface area is 77.1 Å². The van der Waals surface area contributed by atoms with Crippen molar-refractivity contribution in [3.05, 3.63) is 12.2 Å². The van der Waals surface area contributed by atoms with Crippen molar-refractivity contribution >= 4 is 0 Å². The summed E-state index contributed by atoms with van der Waals surface area (Å²) in [4.78, 5) is 0. The number of allylic oxidation sites excluding steroid dienone is 1. The van der Waals surface area contributed by atoms with Crippen LogP contribution in [-0.2, 0) is 0 Å². The first-order valence-electron chi connectivity index (χ1n) is 5.24. The van der Waals surface area contributed by atoms with Gasteiger partial charge in [-0.05, 0) is 37.5 Å². The normalized spacial score (nSPS) is 36.4. The SMILES string of the molecule is C=C(C)CC1CC(C)CCC1C. The Bertz CT molecular complexity index is 157. The topological polar surface area (TPSA) is 0 Å². The van der Waals surface area contributed by atoms with Gasteiger partial charge in [0.25, 0.3) is 0 Å². The van der Waals surface area contributed by atoms with Crippen LogP contribution in [0.1, 0.15) is 46.5 Å². The highest BCUT2D eigenvalue weighted by Crippen LogP contribution is 2.36. The molecule has 0 N–H and O–H groups in total. The molecule has 1 fully saturated rings. The summed E-state index contributed by atoms with van der Waals surface area (Å²) in [6.07, 6.45) is 5.55. The van der Waals surface area contributed by atoms with Crippen molar-refractivity contribution in [2.75, 3.05) is 0 Å². The van der Waals surface area contributed by atoms with Crippen molar-refractivity contribution in [2.45, 2.75) is 46.5 Å². The van der Waals surface area contributed by atoms with Crippen LogP contribution in [0.15, 0.2) is 12.2 Å². The first-order valence-corrected chi connectivity index (χ1v) is 5.24. The Morgan fingerprint density at radius 2 is 2.00 bits per heavy atom. The van der Waals surface area contributed by atoms with Gasteiger partial charge in [0.1, 0.15) is 0 Å². The van der Waals surface area contributed by atoms with Gasteiger partial charge in [-0.25, -0.2) is 0 Å². The molecule has 3 unspecified atom stereocenters. The number of hydrogen-bond acceptors (Lipinski definition) is 0. The van der Waals surface area contributed by atoms with Crippen LogP contribution in [0.4, 0.5) is 0 Å². The lowest BCUT2D eigenvalue weighted by molar-refractivity contribution is 0.202. The van der Waals surface area contributed by atoms with E-state index in [0.29, 0.717) is 0 Å². The second-order valence-electron chi connectivity index (χ2n) is 4.82. The minimum absolute atomic E-state index is 0.922. The maximum absolute atomic E-state index is 4.01. The molecule has 70 valence electrons. The van der Waals surface area contributed by atoms with E-state index in [0.717, 1.165) is 17.8 Å². The van der Waals surface area contributed by atoms with Gasteiger partial charge in [0.05, 0.1) is 0 Å². The molecule has 3 atom stereocenters. The fourth-order valence-electron chi connectivity index (χ4n) is 2.38. The molecule has 1 saturated carbocycles. The maximum Gasteiger partial charge on any atom is -0.0295 e. The molecule has 12 heavy (non-hydrogen) atoms. The summed E-state index contributed by atoms with van der Waals surface area (Å²) >= 11 is 0. The molecule has 0 spiro atoms. The van der Waals surface area contributed by atoms with E-state index in [4.69, 9.17) is 0 Å². The minimum Gasteiger partial charge on any atom is -0.100 e. The van der Waals surface area contributed by atoms with Gasteiger partial charge >= 0.3 is 0 Å². The Hall–Kier alpha value is -0.260. The Balaban J connectivity index is 2.43. The molecular formula is C12H22. The number of rotatable bonds is 2. The molecule has 0 aromatic rings. The highest BCUT2D eigenvalue weighted by molar-refractivity contribution is 4.93. The van der Waals surface area contributed by atoms with Crippen LogP contribution in [0.2, 0.25) is 0 Å². The molecule has 0 saturated heterocycles. The van der Waals surface area contributed by atoms with Gasteiger partial charge in [-0.2, -0.15) is 0 Å². The fourth-order valence-corrected chi connectivity index (χ4v) is 2.38. The van der Waals surface area contributed by atoms with E-state index in [1.807, 2.05) is 0 Å². The molecule has 0 bridgehead atoms. The molecule has 0 heteroatoms. The van der Waals surface area contributed by atoms with E-state index in [9.17, 15) is 0 Å². The van der Waals surface area contributed by atoms with Gasteiger partial charge in [-0.3, -0.25) is 0 Å². The zero-order chi connectivity index (χ0) is 9.14. The van der Waals surface area contributed by atoms with Crippen LogP contribution in [-0.4, -0.2) is 0 Å². The van der Waals surface area contributed by atoms with Gasteiger partial charge in [-0.1, -0.05) is 32.3 Å². The van der Waals surface area contributed by atoms with Gasteiger partial charge < -0.3 is 0 Å². The molecule has 0 amide bonds. The van der Waals surface area contributed by atoms with Crippen LogP contribution in [0, 0.1) is 17.8 Å². The Morgan fingerprint density at radius 1 is 1.33 bits per heavy atom. The minimum atomic E-state index is 0.922. The average Bonchev–Trinajstić information content (AvgIpc) is 1.96. The van der Waals surface area contributed by atoms with Crippen LogP contribution in [0.5, 0.6) is 0 Å². The van der Waals surface area contributed by atoms with E-state index in [2.05, 4.69) is 27.4 Å². The third-order valence-corrected chi connectivity index (χ3v) is 3.24. The Morgan fingerprint density at radius 3 is 2.58 bits per heavy atom. The van der Waals surface area contributed by atoms with Crippen molar-refractivity contribution < 1.29 is 0 Å². The molecule has 0 nitrogen and oxygen atoms in total. The smallest absolute Gasteiger partial charge is 0.0295 e. The van der Waals surface area contributed by atoms with Crippen molar-refractivity contribution in [3.8, 4) is 0 Å². The second-order valence-corrected chi connectivity index (χ2v) is 4.82. The van der Waals surface area contributed by atoms with E-state index in [1.54, 1.807) is 0 Å². The summed E-state index contributed by atoms with van der Waals surface area (Å²) in [6, 6.07) is 0. The van der Waals surface area contributed by atoms with Crippen LogP contribution in [0.25, 0.3) is 0 Å². The summed E-state index contributed by atoms with van der Waals surface area (Å²) in [5, 5.41) is 0. The van der Waals surface area contributed by atoms with Crippen LogP contribution < -0.4 is 0 Å². The number of hydrogen-bond donors (Lipinski definition) is 0. The predicted octanol–water partition coefficient (Wildman–Crippen LogP) is 4.02. The lowest BCUT2D eigenvalue weighted by atomic mass is 9.73. The second kappa shape index (κ2) is 4.11.